The number of aromatic nitrogens is 1. The molecular weight excluding hydrogens is 396 g/mol. The Morgan fingerprint density at radius 2 is 1.83 bits per heavy atom. The van der Waals surface area contributed by atoms with Crippen LogP contribution in [-0.4, -0.2) is 29.4 Å². The second kappa shape index (κ2) is 10.9. The van der Waals surface area contributed by atoms with Crippen molar-refractivity contribution in [3.05, 3.63) is 28.8 Å². The van der Waals surface area contributed by atoms with E-state index >= 15 is 0 Å². The van der Waals surface area contributed by atoms with Gasteiger partial charge in [0.05, 0.1) is 21.1 Å². The zero-order valence-corrected chi connectivity index (χ0v) is 19.6. The van der Waals surface area contributed by atoms with Crippen LogP contribution in [0.15, 0.2) is 18.2 Å². The lowest BCUT2D eigenvalue weighted by atomic mass is 9.85. The number of carbonyl (C=O) groups is 2. The number of hydrogen-bond acceptors (Lipinski definition) is 5. The zero-order chi connectivity index (χ0) is 22.4. The molecule has 0 radical (unpaired) electrons. The molecule has 30 heavy (non-hydrogen) atoms. The van der Waals surface area contributed by atoms with Crippen LogP contribution in [0.1, 0.15) is 63.9 Å². The number of benzene rings is 1. The van der Waals surface area contributed by atoms with E-state index in [2.05, 4.69) is 45.1 Å². The maximum atomic E-state index is 13.2. The van der Waals surface area contributed by atoms with E-state index in [-0.39, 0.29) is 17.9 Å². The molecule has 1 unspecified atom stereocenters. The number of carbonyl (C=O) groups excluding carboxylic acids is 2. The van der Waals surface area contributed by atoms with Crippen molar-refractivity contribution in [2.24, 2.45) is 29.2 Å². The quantitative estimate of drug-likeness (QED) is 0.504. The summed E-state index contributed by atoms with van der Waals surface area (Å²) in [6, 6.07) is 6.16. The molecule has 0 bridgehead atoms. The first-order chi connectivity index (χ1) is 14.2. The van der Waals surface area contributed by atoms with Gasteiger partial charge < -0.3 is 16.8 Å². The van der Waals surface area contributed by atoms with Gasteiger partial charge in [-0.2, -0.15) is 0 Å². The molecule has 6 nitrogen and oxygen atoms in total. The zero-order valence-electron chi connectivity index (χ0n) is 18.8. The largest absolute Gasteiger partial charge is 0.369 e. The number of rotatable bonds is 11. The Balaban J connectivity index is 2.32. The summed E-state index contributed by atoms with van der Waals surface area (Å²) < 4.78 is 1.10. The van der Waals surface area contributed by atoms with Crippen molar-refractivity contribution in [2.45, 2.75) is 65.8 Å². The highest BCUT2D eigenvalue weighted by molar-refractivity contribution is 7.18. The van der Waals surface area contributed by atoms with Crippen molar-refractivity contribution in [3.8, 4) is 0 Å². The van der Waals surface area contributed by atoms with Crippen LogP contribution < -0.4 is 16.8 Å². The monoisotopic (exact) mass is 432 g/mol. The molecule has 5 N–H and O–H groups in total. The number of nitrogens with zero attached hydrogens (tertiary/aromatic N) is 1. The number of fused-ring (bicyclic) bond motifs is 1. The summed E-state index contributed by atoms with van der Waals surface area (Å²) in [5.74, 6) is -1.03. The minimum Gasteiger partial charge on any atom is -0.369 e. The molecule has 2 aromatic rings. The number of amides is 2. The van der Waals surface area contributed by atoms with Crippen LogP contribution in [0.2, 0.25) is 0 Å². The van der Waals surface area contributed by atoms with Gasteiger partial charge in [0, 0.05) is 24.9 Å². The van der Waals surface area contributed by atoms with Gasteiger partial charge in [-0.15, -0.1) is 11.3 Å². The molecule has 1 heterocycles. The normalized spacial score (nSPS) is 15.7. The molecule has 2 amide bonds. The van der Waals surface area contributed by atoms with Gasteiger partial charge in [0.15, 0.2) is 0 Å². The van der Waals surface area contributed by atoms with Crippen LogP contribution in [0.4, 0.5) is 0 Å². The number of nitrogens with one attached hydrogen (secondary N) is 1. The first-order valence-electron chi connectivity index (χ1n) is 10.9. The number of thiazole rings is 1. The first-order valence-corrected chi connectivity index (χ1v) is 11.7. The van der Waals surface area contributed by atoms with Gasteiger partial charge in [0.1, 0.15) is 0 Å². The molecule has 2 rings (SSSR count). The van der Waals surface area contributed by atoms with Crippen LogP contribution in [0, 0.1) is 17.8 Å². The number of primary amides is 1. The summed E-state index contributed by atoms with van der Waals surface area (Å²) in [6.45, 7) is 10.7. The maximum absolute atomic E-state index is 13.2. The highest BCUT2D eigenvalue weighted by Gasteiger charge is 2.33. The van der Waals surface area contributed by atoms with E-state index in [0.29, 0.717) is 25.3 Å². The van der Waals surface area contributed by atoms with E-state index in [0.717, 1.165) is 21.6 Å². The van der Waals surface area contributed by atoms with Crippen LogP contribution in [0.25, 0.3) is 10.2 Å². The topological polar surface area (TPSA) is 111 Å². The van der Waals surface area contributed by atoms with Crippen molar-refractivity contribution in [1.82, 2.24) is 10.3 Å². The Bertz CT molecular complexity index is 864. The summed E-state index contributed by atoms with van der Waals surface area (Å²) in [7, 11) is 0. The Labute approximate surface area is 183 Å². The summed E-state index contributed by atoms with van der Waals surface area (Å²) in [5, 5.41) is 3.92. The van der Waals surface area contributed by atoms with Crippen LogP contribution in [0.3, 0.4) is 0 Å². The maximum Gasteiger partial charge on any atom is 0.224 e. The molecular formula is C23H36N4O2S. The van der Waals surface area contributed by atoms with Gasteiger partial charge in [0.25, 0.3) is 0 Å². The first kappa shape index (κ1) is 24.3. The standard InChI is InChI=1S/C23H36N4O2S/c1-6-14(5)19(12-24)27-23(29)17(16(7-2)22(25)28)11-21-26-18-9-8-15(13(3)4)10-20(18)30-21/h8-10,13-14,16-17,19H,6-7,11-12,24H2,1-5H3,(H2,25,28)(H,27,29)/t14-,16?,17-,19+/m0/s1. The third kappa shape index (κ3) is 5.79. The van der Waals surface area contributed by atoms with E-state index in [1.807, 2.05) is 13.0 Å². The van der Waals surface area contributed by atoms with Crippen LogP contribution in [-0.2, 0) is 16.0 Å². The van der Waals surface area contributed by atoms with E-state index in [9.17, 15) is 9.59 Å². The molecule has 0 fully saturated rings. The third-order valence-electron chi connectivity index (χ3n) is 6.06. The molecule has 0 saturated heterocycles. The smallest absolute Gasteiger partial charge is 0.224 e. The molecule has 166 valence electrons. The summed E-state index contributed by atoms with van der Waals surface area (Å²) >= 11 is 1.58. The Kier molecular flexibility index (Phi) is 8.79. The average molecular weight is 433 g/mol. The van der Waals surface area contributed by atoms with Crippen molar-refractivity contribution in [2.75, 3.05) is 6.54 Å². The fourth-order valence-corrected chi connectivity index (χ4v) is 4.81. The summed E-state index contributed by atoms with van der Waals surface area (Å²) in [5.41, 5.74) is 13.7. The van der Waals surface area contributed by atoms with Crippen LogP contribution >= 0.6 is 11.3 Å². The summed E-state index contributed by atoms with van der Waals surface area (Å²) in [6.07, 6.45) is 1.81. The van der Waals surface area contributed by atoms with Gasteiger partial charge in [-0.05, 0) is 36.0 Å². The van der Waals surface area contributed by atoms with Crippen molar-refractivity contribution in [1.29, 1.82) is 0 Å². The molecule has 1 aromatic carbocycles. The Hall–Kier alpha value is -1.99. The lowest BCUT2D eigenvalue weighted by Crippen LogP contribution is -2.49. The van der Waals surface area contributed by atoms with Gasteiger partial charge in [-0.25, -0.2) is 4.98 Å². The van der Waals surface area contributed by atoms with E-state index in [1.165, 1.54) is 5.56 Å². The van der Waals surface area contributed by atoms with E-state index < -0.39 is 17.7 Å². The highest BCUT2D eigenvalue weighted by atomic mass is 32.1. The number of nitrogens with two attached hydrogens (primary N) is 2. The van der Waals surface area contributed by atoms with E-state index in [1.54, 1.807) is 11.3 Å². The van der Waals surface area contributed by atoms with Gasteiger partial charge in [-0.1, -0.05) is 47.1 Å². The van der Waals surface area contributed by atoms with E-state index in [4.69, 9.17) is 16.5 Å². The number of hydrogen-bond donors (Lipinski definition) is 3. The van der Waals surface area contributed by atoms with Crippen molar-refractivity contribution < 1.29 is 9.59 Å². The van der Waals surface area contributed by atoms with Crippen LogP contribution in [0.5, 0.6) is 0 Å². The molecule has 0 spiro atoms. The van der Waals surface area contributed by atoms with Gasteiger partial charge in [-0.3, -0.25) is 9.59 Å². The van der Waals surface area contributed by atoms with Crippen molar-refractivity contribution >= 4 is 33.4 Å². The second-order valence-electron chi connectivity index (χ2n) is 8.45. The van der Waals surface area contributed by atoms with Gasteiger partial charge >= 0.3 is 0 Å². The molecule has 7 heteroatoms. The fraction of sp³-hybridized carbons (Fsp3) is 0.609. The van der Waals surface area contributed by atoms with Gasteiger partial charge in [0.2, 0.25) is 11.8 Å². The molecule has 1 aromatic heterocycles. The average Bonchev–Trinajstić information content (AvgIpc) is 3.12. The lowest BCUT2D eigenvalue weighted by molar-refractivity contribution is -0.134. The second-order valence-corrected chi connectivity index (χ2v) is 9.57. The van der Waals surface area contributed by atoms with Crippen molar-refractivity contribution in [3.63, 3.8) is 0 Å². The molecule has 4 atom stereocenters. The Morgan fingerprint density at radius 3 is 2.37 bits per heavy atom. The molecule has 0 aliphatic carbocycles. The fourth-order valence-electron chi connectivity index (χ4n) is 3.73. The Morgan fingerprint density at radius 1 is 1.13 bits per heavy atom. The highest BCUT2D eigenvalue weighted by Crippen LogP contribution is 2.30. The summed E-state index contributed by atoms with van der Waals surface area (Å²) in [4.78, 5) is 30.0. The SMILES string of the molecule is CCC(C(N)=O)[C@H](Cc1nc2ccc(C(C)C)cc2s1)C(=O)N[C@H](CN)[C@@H](C)CC. The third-order valence-corrected chi connectivity index (χ3v) is 7.10. The molecule has 0 aliphatic heterocycles. The minimum absolute atomic E-state index is 0.126. The minimum atomic E-state index is -0.560. The lowest BCUT2D eigenvalue weighted by Gasteiger charge is -2.28. The predicted molar refractivity (Wildman–Crippen MR) is 124 cm³/mol. The molecule has 0 aliphatic rings. The predicted octanol–water partition coefficient (Wildman–Crippen LogP) is 3.58. The molecule has 0 saturated carbocycles.